The first kappa shape index (κ1) is 7.93. The number of ether oxygens (including phenoxy) is 1. The average Bonchev–Trinajstić information content (AvgIpc) is 2.39. The number of para-hydroxylation sites is 2. The van der Waals surface area contributed by atoms with Crippen molar-refractivity contribution in [2.75, 3.05) is 18.1 Å². The molecule has 1 aromatic rings. The highest BCUT2D eigenvalue weighted by Crippen LogP contribution is 2.29. The molecule has 0 spiro atoms. The van der Waals surface area contributed by atoms with Gasteiger partial charge in [-0.15, -0.1) is 0 Å². The molecule has 3 nitrogen and oxygen atoms in total. The fourth-order valence-electron chi connectivity index (χ4n) is 1.43. The SMILES string of the molecule is N#CN1CCCOc2ccccc21. The van der Waals surface area contributed by atoms with E-state index < -0.39 is 0 Å². The van der Waals surface area contributed by atoms with Gasteiger partial charge in [-0.05, 0) is 12.1 Å². The van der Waals surface area contributed by atoms with Crippen LogP contribution < -0.4 is 9.64 Å². The molecule has 0 saturated heterocycles. The molecule has 0 amide bonds. The first-order chi connectivity index (χ1) is 6.42. The maximum atomic E-state index is 8.88. The molecule has 0 radical (unpaired) electrons. The summed E-state index contributed by atoms with van der Waals surface area (Å²) in [5.74, 6) is 0.807. The summed E-state index contributed by atoms with van der Waals surface area (Å²) in [4.78, 5) is 1.67. The Hall–Kier alpha value is -1.69. The Morgan fingerprint density at radius 2 is 2.23 bits per heavy atom. The van der Waals surface area contributed by atoms with Crippen molar-refractivity contribution < 1.29 is 4.74 Å². The molecule has 0 N–H and O–H groups in total. The summed E-state index contributed by atoms with van der Waals surface area (Å²) in [6, 6.07) is 7.63. The number of hydrogen-bond acceptors (Lipinski definition) is 3. The molecule has 0 saturated carbocycles. The predicted octanol–water partition coefficient (Wildman–Crippen LogP) is 1.76. The van der Waals surface area contributed by atoms with E-state index in [4.69, 9.17) is 10.00 Å². The van der Waals surface area contributed by atoms with Crippen molar-refractivity contribution in [3.8, 4) is 11.9 Å². The second-order valence-electron chi connectivity index (χ2n) is 2.92. The second-order valence-corrected chi connectivity index (χ2v) is 2.92. The molecule has 0 fully saturated rings. The Balaban J connectivity index is 2.43. The van der Waals surface area contributed by atoms with Crippen LogP contribution in [0.15, 0.2) is 24.3 Å². The van der Waals surface area contributed by atoms with E-state index in [-0.39, 0.29) is 0 Å². The van der Waals surface area contributed by atoms with Crippen molar-refractivity contribution in [1.82, 2.24) is 0 Å². The molecule has 66 valence electrons. The van der Waals surface area contributed by atoms with E-state index in [0.29, 0.717) is 6.61 Å². The van der Waals surface area contributed by atoms with Crippen molar-refractivity contribution >= 4 is 5.69 Å². The normalized spacial score (nSPS) is 15.2. The zero-order chi connectivity index (χ0) is 9.10. The molecule has 13 heavy (non-hydrogen) atoms. The number of nitrogens with zero attached hydrogens (tertiary/aromatic N) is 2. The molecular formula is C10H10N2O. The summed E-state index contributed by atoms with van der Waals surface area (Å²) < 4.78 is 5.49. The van der Waals surface area contributed by atoms with E-state index in [0.717, 1.165) is 24.4 Å². The molecule has 1 aliphatic heterocycles. The number of nitriles is 1. The maximum Gasteiger partial charge on any atom is 0.184 e. The minimum atomic E-state index is 0.690. The average molecular weight is 174 g/mol. The summed E-state index contributed by atoms with van der Waals surface area (Å²) in [5, 5.41) is 8.88. The van der Waals surface area contributed by atoms with Gasteiger partial charge in [0.05, 0.1) is 12.3 Å². The van der Waals surface area contributed by atoms with Crippen LogP contribution in [0.3, 0.4) is 0 Å². The zero-order valence-electron chi connectivity index (χ0n) is 7.23. The third-order valence-electron chi connectivity index (χ3n) is 2.06. The van der Waals surface area contributed by atoms with E-state index in [1.54, 1.807) is 4.90 Å². The summed E-state index contributed by atoms with van der Waals surface area (Å²) in [6.45, 7) is 1.43. The van der Waals surface area contributed by atoms with Gasteiger partial charge in [-0.25, -0.2) is 0 Å². The monoisotopic (exact) mass is 174 g/mol. The highest BCUT2D eigenvalue weighted by atomic mass is 16.5. The first-order valence-corrected chi connectivity index (χ1v) is 4.31. The Morgan fingerprint density at radius 1 is 1.38 bits per heavy atom. The van der Waals surface area contributed by atoms with Gasteiger partial charge in [0, 0.05) is 13.0 Å². The van der Waals surface area contributed by atoms with Gasteiger partial charge in [-0.1, -0.05) is 12.1 Å². The molecule has 1 aromatic carbocycles. The second kappa shape index (κ2) is 3.36. The number of benzene rings is 1. The summed E-state index contributed by atoms with van der Waals surface area (Å²) >= 11 is 0. The van der Waals surface area contributed by atoms with Gasteiger partial charge in [-0.2, -0.15) is 5.26 Å². The van der Waals surface area contributed by atoms with E-state index in [1.807, 2.05) is 24.3 Å². The van der Waals surface area contributed by atoms with Crippen LogP contribution >= 0.6 is 0 Å². The summed E-state index contributed by atoms with van der Waals surface area (Å²) in [7, 11) is 0. The number of hydrogen-bond donors (Lipinski definition) is 0. The molecule has 0 unspecified atom stereocenters. The van der Waals surface area contributed by atoms with E-state index in [2.05, 4.69) is 6.19 Å². The lowest BCUT2D eigenvalue weighted by molar-refractivity contribution is 0.322. The highest BCUT2D eigenvalue weighted by molar-refractivity contribution is 5.61. The fraction of sp³-hybridized carbons (Fsp3) is 0.300. The van der Waals surface area contributed by atoms with E-state index in [1.165, 1.54) is 0 Å². The van der Waals surface area contributed by atoms with Crippen LogP contribution in [-0.2, 0) is 0 Å². The van der Waals surface area contributed by atoms with Crippen molar-refractivity contribution in [3.63, 3.8) is 0 Å². The Morgan fingerprint density at radius 3 is 3.08 bits per heavy atom. The highest BCUT2D eigenvalue weighted by Gasteiger charge is 2.14. The standard InChI is InChI=1S/C10H10N2O/c11-8-12-6-3-7-13-10-5-2-1-4-9(10)12/h1-2,4-5H,3,6-7H2. The molecule has 0 atom stereocenters. The molecule has 1 aliphatic rings. The van der Waals surface area contributed by atoms with Crippen LogP contribution in [0.2, 0.25) is 0 Å². The lowest BCUT2D eigenvalue weighted by atomic mass is 10.3. The van der Waals surface area contributed by atoms with Crippen molar-refractivity contribution in [2.45, 2.75) is 6.42 Å². The topological polar surface area (TPSA) is 36.3 Å². The van der Waals surface area contributed by atoms with Gasteiger partial charge < -0.3 is 4.74 Å². The third kappa shape index (κ3) is 1.43. The maximum absolute atomic E-state index is 8.88. The van der Waals surface area contributed by atoms with Crippen LogP contribution in [0.25, 0.3) is 0 Å². The minimum absolute atomic E-state index is 0.690. The minimum Gasteiger partial charge on any atom is -0.491 e. The van der Waals surface area contributed by atoms with Crippen LogP contribution in [0.4, 0.5) is 5.69 Å². The summed E-state index contributed by atoms with van der Waals surface area (Å²) in [5.41, 5.74) is 0.877. The van der Waals surface area contributed by atoms with Gasteiger partial charge in [0.15, 0.2) is 6.19 Å². The Labute approximate surface area is 77.2 Å². The first-order valence-electron chi connectivity index (χ1n) is 4.31. The molecule has 0 aliphatic carbocycles. The van der Waals surface area contributed by atoms with Gasteiger partial charge in [0.1, 0.15) is 5.75 Å². The molecular weight excluding hydrogens is 164 g/mol. The van der Waals surface area contributed by atoms with E-state index in [9.17, 15) is 0 Å². The number of rotatable bonds is 0. The van der Waals surface area contributed by atoms with Crippen molar-refractivity contribution in [2.24, 2.45) is 0 Å². The largest absolute Gasteiger partial charge is 0.491 e. The van der Waals surface area contributed by atoms with Crippen molar-refractivity contribution in [1.29, 1.82) is 5.26 Å². The van der Waals surface area contributed by atoms with Gasteiger partial charge in [0.2, 0.25) is 0 Å². The molecule has 0 bridgehead atoms. The molecule has 0 aromatic heterocycles. The lowest BCUT2D eigenvalue weighted by Crippen LogP contribution is -2.16. The van der Waals surface area contributed by atoms with E-state index >= 15 is 0 Å². The third-order valence-corrected chi connectivity index (χ3v) is 2.06. The predicted molar refractivity (Wildman–Crippen MR) is 49.5 cm³/mol. The van der Waals surface area contributed by atoms with Gasteiger partial charge in [0.25, 0.3) is 0 Å². The Kier molecular flexibility index (Phi) is 2.05. The van der Waals surface area contributed by atoms with Crippen LogP contribution in [0.5, 0.6) is 5.75 Å². The van der Waals surface area contributed by atoms with Gasteiger partial charge >= 0.3 is 0 Å². The van der Waals surface area contributed by atoms with Crippen LogP contribution in [0.1, 0.15) is 6.42 Å². The van der Waals surface area contributed by atoms with Crippen LogP contribution in [-0.4, -0.2) is 13.2 Å². The fourth-order valence-corrected chi connectivity index (χ4v) is 1.43. The molecule has 3 heteroatoms. The van der Waals surface area contributed by atoms with Gasteiger partial charge in [-0.3, -0.25) is 4.90 Å². The lowest BCUT2D eigenvalue weighted by Gasteiger charge is -2.13. The van der Waals surface area contributed by atoms with Crippen molar-refractivity contribution in [3.05, 3.63) is 24.3 Å². The number of anilines is 1. The number of fused-ring (bicyclic) bond motifs is 1. The molecule has 2 rings (SSSR count). The smallest absolute Gasteiger partial charge is 0.184 e. The zero-order valence-corrected chi connectivity index (χ0v) is 7.23. The molecule has 1 heterocycles. The summed E-state index contributed by atoms with van der Waals surface area (Å²) in [6.07, 6.45) is 3.04. The quantitative estimate of drug-likeness (QED) is 0.562. The van der Waals surface area contributed by atoms with Crippen LogP contribution in [0, 0.1) is 11.5 Å². The Bertz CT molecular complexity index is 343.